The quantitative estimate of drug-likeness (QED) is 0.595. The van der Waals surface area contributed by atoms with Crippen molar-refractivity contribution in [3.05, 3.63) is 34.1 Å². The summed E-state index contributed by atoms with van der Waals surface area (Å²) in [6.45, 7) is 2.48. The van der Waals surface area contributed by atoms with Gasteiger partial charge in [0.25, 0.3) is 0 Å². The van der Waals surface area contributed by atoms with Crippen LogP contribution < -0.4 is 5.32 Å². The minimum absolute atomic E-state index is 0.0916. The predicted octanol–water partition coefficient (Wildman–Crippen LogP) is 3.36. The molecule has 0 radical (unpaired) electrons. The van der Waals surface area contributed by atoms with Crippen LogP contribution in [0.5, 0.6) is 0 Å². The van der Waals surface area contributed by atoms with Gasteiger partial charge < -0.3 is 5.32 Å². The second kappa shape index (κ2) is 3.93. The fourth-order valence-electron chi connectivity index (χ4n) is 2.10. The minimum Gasteiger partial charge on any atom is -0.308 e. The van der Waals surface area contributed by atoms with E-state index in [1.807, 2.05) is 0 Å². The molecule has 1 aliphatic rings. The summed E-state index contributed by atoms with van der Waals surface area (Å²) >= 11 is 5.41. The number of hydrogen-bond acceptors (Lipinski definition) is 1. The van der Waals surface area contributed by atoms with Gasteiger partial charge in [-0.05, 0) is 32.4 Å². The first-order valence-electron chi connectivity index (χ1n) is 5.04. The van der Waals surface area contributed by atoms with E-state index < -0.39 is 28.0 Å². The molecule has 0 saturated carbocycles. The lowest BCUT2D eigenvalue weighted by Crippen LogP contribution is -2.34. The molecular formula is C11H11ClF3N. The molecule has 1 N–H and O–H groups in total. The van der Waals surface area contributed by atoms with E-state index in [-0.39, 0.29) is 5.56 Å². The van der Waals surface area contributed by atoms with E-state index in [9.17, 15) is 13.2 Å². The van der Waals surface area contributed by atoms with E-state index in [0.717, 1.165) is 19.0 Å². The maximum Gasteiger partial charge on any atom is 0.180 e. The molecule has 16 heavy (non-hydrogen) atoms. The Hall–Kier alpha value is -0.740. The zero-order valence-electron chi connectivity index (χ0n) is 8.71. The molecule has 0 spiro atoms. The molecule has 0 bridgehead atoms. The van der Waals surface area contributed by atoms with Gasteiger partial charge in [-0.3, -0.25) is 0 Å². The van der Waals surface area contributed by atoms with Crippen LogP contribution in [0.4, 0.5) is 13.2 Å². The Balaban J connectivity index is 2.57. The summed E-state index contributed by atoms with van der Waals surface area (Å²) in [6.07, 6.45) is 1.54. The van der Waals surface area contributed by atoms with Crippen LogP contribution in [-0.4, -0.2) is 6.54 Å². The highest BCUT2D eigenvalue weighted by Crippen LogP contribution is 2.36. The molecular weight excluding hydrogens is 239 g/mol. The molecule has 88 valence electrons. The van der Waals surface area contributed by atoms with Gasteiger partial charge in [0.05, 0.1) is 0 Å². The average Bonchev–Trinajstić information content (AvgIpc) is 2.68. The summed E-state index contributed by atoms with van der Waals surface area (Å²) in [6, 6.07) is 0.884. The van der Waals surface area contributed by atoms with Crippen LogP contribution in [0.25, 0.3) is 0 Å². The van der Waals surface area contributed by atoms with Crippen molar-refractivity contribution in [3.8, 4) is 0 Å². The minimum atomic E-state index is -1.33. The van der Waals surface area contributed by atoms with Crippen LogP contribution in [0, 0.1) is 17.5 Å². The Morgan fingerprint density at radius 1 is 1.31 bits per heavy atom. The van der Waals surface area contributed by atoms with Crippen molar-refractivity contribution in [2.75, 3.05) is 6.54 Å². The Morgan fingerprint density at radius 3 is 2.56 bits per heavy atom. The van der Waals surface area contributed by atoms with Crippen LogP contribution in [0.2, 0.25) is 5.02 Å². The third-order valence-corrected chi connectivity index (χ3v) is 3.40. The van der Waals surface area contributed by atoms with E-state index >= 15 is 0 Å². The van der Waals surface area contributed by atoms with Gasteiger partial charge in [-0.1, -0.05) is 11.6 Å². The topological polar surface area (TPSA) is 12.0 Å². The standard InChI is InChI=1S/C11H11ClF3N/c1-11(3-2-4-16-11)6-5-7(13)10(15)8(12)9(6)14/h5,16H,2-4H2,1H3. The van der Waals surface area contributed by atoms with Crippen LogP contribution in [0.3, 0.4) is 0 Å². The van der Waals surface area contributed by atoms with E-state index in [0.29, 0.717) is 6.42 Å². The number of rotatable bonds is 1. The SMILES string of the molecule is CC1(c2cc(F)c(F)c(Cl)c2F)CCCN1. The van der Waals surface area contributed by atoms with Crippen molar-refractivity contribution in [1.29, 1.82) is 0 Å². The van der Waals surface area contributed by atoms with Crippen molar-refractivity contribution < 1.29 is 13.2 Å². The van der Waals surface area contributed by atoms with Gasteiger partial charge in [0.1, 0.15) is 10.8 Å². The second-order valence-corrected chi connectivity index (χ2v) is 4.59. The summed E-state index contributed by atoms with van der Waals surface area (Å²) in [5.74, 6) is -3.32. The van der Waals surface area contributed by atoms with Crippen molar-refractivity contribution in [2.24, 2.45) is 0 Å². The average molecular weight is 250 g/mol. The molecule has 1 fully saturated rings. The normalized spacial score (nSPS) is 25.1. The largest absolute Gasteiger partial charge is 0.308 e. The number of benzene rings is 1. The molecule has 2 rings (SSSR count). The first kappa shape index (κ1) is 11.7. The summed E-state index contributed by atoms with van der Waals surface area (Å²) in [7, 11) is 0. The summed E-state index contributed by atoms with van der Waals surface area (Å²) in [4.78, 5) is 0. The molecule has 1 heterocycles. The Morgan fingerprint density at radius 2 is 2.00 bits per heavy atom. The van der Waals surface area contributed by atoms with Crippen molar-refractivity contribution in [3.63, 3.8) is 0 Å². The molecule has 1 aliphatic heterocycles. The Kier molecular flexibility index (Phi) is 2.88. The van der Waals surface area contributed by atoms with E-state index in [2.05, 4.69) is 5.32 Å². The van der Waals surface area contributed by atoms with E-state index in [1.54, 1.807) is 6.92 Å². The highest BCUT2D eigenvalue weighted by atomic mass is 35.5. The fraction of sp³-hybridized carbons (Fsp3) is 0.455. The van der Waals surface area contributed by atoms with Crippen molar-refractivity contribution >= 4 is 11.6 Å². The molecule has 0 aromatic heterocycles. The number of halogens is 4. The molecule has 1 atom stereocenters. The first-order chi connectivity index (χ1) is 7.46. The highest BCUT2D eigenvalue weighted by molar-refractivity contribution is 6.31. The maximum absolute atomic E-state index is 13.8. The van der Waals surface area contributed by atoms with Crippen LogP contribution in [-0.2, 0) is 5.54 Å². The van der Waals surface area contributed by atoms with Crippen LogP contribution >= 0.6 is 11.6 Å². The van der Waals surface area contributed by atoms with Crippen molar-refractivity contribution in [1.82, 2.24) is 5.32 Å². The third kappa shape index (κ3) is 1.70. The summed E-state index contributed by atoms with van der Waals surface area (Å²) in [5, 5.41) is 2.30. The van der Waals surface area contributed by atoms with Gasteiger partial charge >= 0.3 is 0 Å². The number of hydrogen-bond donors (Lipinski definition) is 1. The highest BCUT2D eigenvalue weighted by Gasteiger charge is 2.34. The summed E-state index contributed by atoms with van der Waals surface area (Å²) in [5.41, 5.74) is -0.573. The lowest BCUT2D eigenvalue weighted by Gasteiger charge is -2.26. The molecule has 0 amide bonds. The summed E-state index contributed by atoms with van der Waals surface area (Å²) < 4.78 is 40.0. The predicted molar refractivity (Wildman–Crippen MR) is 55.9 cm³/mol. The molecule has 1 nitrogen and oxygen atoms in total. The first-order valence-corrected chi connectivity index (χ1v) is 5.42. The molecule has 5 heteroatoms. The number of nitrogens with one attached hydrogen (secondary N) is 1. The molecule has 0 aliphatic carbocycles. The van der Waals surface area contributed by atoms with Crippen molar-refractivity contribution in [2.45, 2.75) is 25.3 Å². The molecule has 1 aromatic rings. The smallest absolute Gasteiger partial charge is 0.180 e. The Bertz CT molecular complexity index is 428. The zero-order chi connectivity index (χ0) is 11.9. The van der Waals surface area contributed by atoms with Crippen LogP contribution in [0.1, 0.15) is 25.3 Å². The van der Waals surface area contributed by atoms with Gasteiger partial charge in [0.2, 0.25) is 0 Å². The van der Waals surface area contributed by atoms with Gasteiger partial charge in [-0.2, -0.15) is 0 Å². The monoisotopic (exact) mass is 249 g/mol. The third-order valence-electron chi connectivity index (χ3n) is 3.07. The Labute approximate surface area is 96.6 Å². The molecule has 1 saturated heterocycles. The van der Waals surface area contributed by atoms with E-state index in [4.69, 9.17) is 11.6 Å². The van der Waals surface area contributed by atoms with E-state index in [1.165, 1.54) is 0 Å². The fourth-order valence-corrected chi connectivity index (χ4v) is 2.29. The van der Waals surface area contributed by atoms with Gasteiger partial charge in [0.15, 0.2) is 11.6 Å². The van der Waals surface area contributed by atoms with Gasteiger partial charge in [0, 0.05) is 11.1 Å². The van der Waals surface area contributed by atoms with Gasteiger partial charge in [-0.15, -0.1) is 0 Å². The molecule has 1 unspecified atom stereocenters. The molecule has 1 aromatic carbocycles. The zero-order valence-corrected chi connectivity index (χ0v) is 9.47. The lowest BCUT2D eigenvalue weighted by molar-refractivity contribution is 0.399. The van der Waals surface area contributed by atoms with Gasteiger partial charge in [-0.25, -0.2) is 13.2 Å². The second-order valence-electron chi connectivity index (χ2n) is 4.21. The lowest BCUT2D eigenvalue weighted by atomic mass is 9.90. The maximum atomic E-state index is 13.8. The van der Waals surface area contributed by atoms with Crippen LogP contribution in [0.15, 0.2) is 6.07 Å².